The van der Waals surface area contributed by atoms with E-state index in [1.165, 1.54) is 27.6 Å². The Bertz CT molecular complexity index is 954. The normalized spacial score (nSPS) is 15.2. The molecule has 0 radical (unpaired) electrons. The summed E-state index contributed by atoms with van der Waals surface area (Å²) in [5.41, 5.74) is 5.03. The molecule has 3 aromatic rings. The van der Waals surface area contributed by atoms with Crippen molar-refractivity contribution in [2.75, 3.05) is 32.7 Å². The van der Waals surface area contributed by atoms with E-state index < -0.39 is 0 Å². The van der Waals surface area contributed by atoms with Gasteiger partial charge in [0.1, 0.15) is 5.75 Å². The molecule has 1 N–H and O–H groups in total. The van der Waals surface area contributed by atoms with Crippen LogP contribution < -0.4 is 10.1 Å². The number of hydrogen-bond donors (Lipinski definition) is 1. The maximum absolute atomic E-state index is 6.52. The van der Waals surface area contributed by atoms with Gasteiger partial charge in [0.25, 0.3) is 0 Å². The van der Waals surface area contributed by atoms with Crippen molar-refractivity contribution >= 4 is 10.9 Å². The topological polar surface area (TPSA) is 29.4 Å². The number of rotatable bonds is 6. The van der Waals surface area contributed by atoms with Crippen LogP contribution in [-0.2, 0) is 13.5 Å². The van der Waals surface area contributed by atoms with E-state index in [9.17, 15) is 0 Å². The van der Waals surface area contributed by atoms with Gasteiger partial charge in [0, 0.05) is 44.2 Å². The lowest BCUT2D eigenvalue weighted by Gasteiger charge is -2.27. The molecular formula is C24H31N3O. The van der Waals surface area contributed by atoms with Crippen molar-refractivity contribution in [3.63, 3.8) is 0 Å². The van der Waals surface area contributed by atoms with Crippen LogP contribution in [0.5, 0.6) is 11.6 Å². The van der Waals surface area contributed by atoms with Crippen molar-refractivity contribution in [2.45, 2.75) is 26.7 Å². The minimum Gasteiger partial charge on any atom is -0.440 e. The van der Waals surface area contributed by atoms with Crippen LogP contribution >= 0.6 is 0 Å². The van der Waals surface area contributed by atoms with Crippen molar-refractivity contribution in [2.24, 2.45) is 7.05 Å². The van der Waals surface area contributed by atoms with Crippen LogP contribution in [-0.4, -0.2) is 42.2 Å². The summed E-state index contributed by atoms with van der Waals surface area (Å²) in [6.07, 6.45) is 2.18. The summed E-state index contributed by atoms with van der Waals surface area (Å²) in [6.45, 7) is 9.94. The molecule has 0 amide bonds. The summed E-state index contributed by atoms with van der Waals surface area (Å²) in [5, 5.41) is 4.74. The molecule has 0 atom stereocenters. The molecular weight excluding hydrogens is 346 g/mol. The first-order chi connectivity index (χ1) is 13.6. The molecule has 2 aromatic carbocycles. The van der Waals surface area contributed by atoms with Gasteiger partial charge in [-0.25, -0.2) is 0 Å². The molecule has 148 valence electrons. The standard InChI is InChI=1S/C24H31N3O/c1-18-8-6-12-23(19(18)2)28-24-21(10-7-15-27-16-13-25-14-17-27)20-9-4-5-11-22(20)26(24)3/h4-6,8-9,11-12,25H,7,10,13-17H2,1-3H3. The van der Waals surface area contributed by atoms with Crippen molar-refractivity contribution in [3.8, 4) is 11.6 Å². The molecule has 0 bridgehead atoms. The molecule has 4 rings (SSSR count). The van der Waals surface area contributed by atoms with Gasteiger partial charge in [-0.15, -0.1) is 0 Å². The second-order valence-electron chi connectivity index (χ2n) is 7.86. The Balaban J connectivity index is 1.62. The van der Waals surface area contributed by atoms with Crippen LogP contribution in [0.15, 0.2) is 42.5 Å². The quantitative estimate of drug-likeness (QED) is 0.689. The number of fused-ring (bicyclic) bond motifs is 1. The van der Waals surface area contributed by atoms with Crippen LogP contribution in [0.1, 0.15) is 23.1 Å². The van der Waals surface area contributed by atoms with E-state index in [1.807, 2.05) is 0 Å². The fourth-order valence-electron chi connectivity index (χ4n) is 4.17. The third kappa shape index (κ3) is 3.80. The van der Waals surface area contributed by atoms with Crippen molar-refractivity contribution in [1.29, 1.82) is 0 Å². The Morgan fingerprint density at radius 2 is 1.79 bits per heavy atom. The zero-order chi connectivity index (χ0) is 19.5. The van der Waals surface area contributed by atoms with E-state index in [0.717, 1.165) is 57.2 Å². The number of ether oxygens (including phenoxy) is 1. The highest BCUT2D eigenvalue weighted by molar-refractivity contribution is 5.87. The molecule has 0 saturated carbocycles. The van der Waals surface area contributed by atoms with Crippen molar-refractivity contribution in [1.82, 2.24) is 14.8 Å². The summed E-state index contributed by atoms with van der Waals surface area (Å²) in [5.74, 6) is 1.93. The molecule has 0 spiro atoms. The summed E-state index contributed by atoms with van der Waals surface area (Å²) in [7, 11) is 2.11. The lowest BCUT2D eigenvalue weighted by atomic mass is 10.1. The number of benzene rings is 2. The molecule has 4 heteroatoms. The van der Waals surface area contributed by atoms with Crippen LogP contribution in [0.4, 0.5) is 0 Å². The molecule has 2 heterocycles. The smallest absolute Gasteiger partial charge is 0.204 e. The zero-order valence-corrected chi connectivity index (χ0v) is 17.3. The van der Waals surface area contributed by atoms with E-state index in [4.69, 9.17) is 4.74 Å². The molecule has 1 fully saturated rings. The van der Waals surface area contributed by atoms with E-state index >= 15 is 0 Å². The Kier molecular flexibility index (Phi) is 5.69. The van der Waals surface area contributed by atoms with Crippen molar-refractivity contribution in [3.05, 3.63) is 59.2 Å². The third-order valence-corrected chi connectivity index (χ3v) is 6.03. The zero-order valence-electron chi connectivity index (χ0n) is 17.3. The predicted molar refractivity (Wildman–Crippen MR) is 117 cm³/mol. The van der Waals surface area contributed by atoms with E-state index in [1.54, 1.807) is 0 Å². The largest absolute Gasteiger partial charge is 0.440 e. The Morgan fingerprint density at radius 1 is 1.00 bits per heavy atom. The van der Waals surface area contributed by atoms with Gasteiger partial charge in [0.15, 0.2) is 0 Å². The second kappa shape index (κ2) is 8.38. The number of aryl methyl sites for hydroxylation is 3. The lowest BCUT2D eigenvalue weighted by molar-refractivity contribution is 0.238. The van der Waals surface area contributed by atoms with Gasteiger partial charge in [-0.2, -0.15) is 0 Å². The van der Waals surface area contributed by atoms with Crippen molar-refractivity contribution < 1.29 is 4.74 Å². The molecule has 1 saturated heterocycles. The summed E-state index contributed by atoms with van der Waals surface area (Å²) in [6, 6.07) is 14.9. The predicted octanol–water partition coefficient (Wildman–Crippen LogP) is 4.43. The summed E-state index contributed by atoms with van der Waals surface area (Å²) in [4.78, 5) is 2.56. The minimum atomic E-state index is 0.953. The Labute approximate surface area is 168 Å². The molecule has 1 aliphatic rings. The van der Waals surface area contributed by atoms with E-state index in [2.05, 4.69) is 78.1 Å². The van der Waals surface area contributed by atoms with Gasteiger partial charge in [-0.3, -0.25) is 0 Å². The second-order valence-corrected chi connectivity index (χ2v) is 7.86. The number of nitrogens with one attached hydrogen (secondary N) is 1. The average molecular weight is 378 g/mol. The first-order valence-electron chi connectivity index (χ1n) is 10.4. The highest BCUT2D eigenvalue weighted by Gasteiger charge is 2.18. The first-order valence-corrected chi connectivity index (χ1v) is 10.4. The molecule has 0 unspecified atom stereocenters. The molecule has 1 aliphatic heterocycles. The fraction of sp³-hybridized carbons (Fsp3) is 0.417. The number of para-hydroxylation sites is 1. The summed E-state index contributed by atoms with van der Waals surface area (Å²) >= 11 is 0. The number of nitrogens with zero attached hydrogens (tertiary/aromatic N) is 2. The van der Waals surface area contributed by atoms with E-state index in [0.29, 0.717) is 0 Å². The number of piperazine rings is 1. The molecule has 4 nitrogen and oxygen atoms in total. The molecule has 1 aromatic heterocycles. The molecule has 0 aliphatic carbocycles. The van der Waals surface area contributed by atoms with Gasteiger partial charge >= 0.3 is 0 Å². The van der Waals surface area contributed by atoms with Crippen LogP contribution in [0.3, 0.4) is 0 Å². The van der Waals surface area contributed by atoms with Gasteiger partial charge < -0.3 is 19.5 Å². The number of aromatic nitrogens is 1. The van der Waals surface area contributed by atoms with Gasteiger partial charge in [-0.1, -0.05) is 30.3 Å². The molecule has 28 heavy (non-hydrogen) atoms. The Hall–Kier alpha value is -2.30. The lowest BCUT2D eigenvalue weighted by Crippen LogP contribution is -2.43. The van der Waals surface area contributed by atoms with Crippen LogP contribution in [0.25, 0.3) is 10.9 Å². The minimum absolute atomic E-state index is 0.953. The van der Waals surface area contributed by atoms with Gasteiger partial charge in [-0.05, 0) is 56.5 Å². The third-order valence-electron chi connectivity index (χ3n) is 6.03. The number of hydrogen-bond acceptors (Lipinski definition) is 3. The summed E-state index contributed by atoms with van der Waals surface area (Å²) < 4.78 is 8.72. The highest BCUT2D eigenvalue weighted by atomic mass is 16.5. The average Bonchev–Trinajstić information content (AvgIpc) is 2.98. The van der Waals surface area contributed by atoms with E-state index in [-0.39, 0.29) is 0 Å². The Morgan fingerprint density at radius 3 is 2.61 bits per heavy atom. The van der Waals surface area contributed by atoms with Crippen LogP contribution in [0.2, 0.25) is 0 Å². The fourth-order valence-corrected chi connectivity index (χ4v) is 4.17. The maximum Gasteiger partial charge on any atom is 0.204 e. The maximum atomic E-state index is 6.52. The van der Waals surface area contributed by atoms with Gasteiger partial charge in [0.05, 0.1) is 5.52 Å². The SMILES string of the molecule is Cc1cccc(Oc2c(CCCN3CCNCC3)c3ccccc3n2C)c1C. The van der Waals surface area contributed by atoms with Crippen LogP contribution in [0, 0.1) is 13.8 Å². The monoisotopic (exact) mass is 377 g/mol. The first kappa shape index (κ1) is 19.0. The van der Waals surface area contributed by atoms with Gasteiger partial charge in [0.2, 0.25) is 5.88 Å². The highest BCUT2D eigenvalue weighted by Crippen LogP contribution is 2.36.